The summed E-state index contributed by atoms with van der Waals surface area (Å²) in [5.41, 5.74) is 0.891. The molecule has 9 nitrogen and oxygen atoms in total. The number of hydrogen-bond acceptors (Lipinski definition) is 5. The molecule has 3 heterocycles. The summed E-state index contributed by atoms with van der Waals surface area (Å²) in [6, 6.07) is 6.84. The first kappa shape index (κ1) is 24.0. The summed E-state index contributed by atoms with van der Waals surface area (Å²) < 4.78 is 33.9. The normalized spacial score (nSPS) is 27.4. The lowest BCUT2D eigenvalue weighted by Gasteiger charge is -2.28. The van der Waals surface area contributed by atoms with Gasteiger partial charge in [-0.05, 0) is 42.9 Å². The number of halogens is 2. The molecule has 0 radical (unpaired) electrons. The molecule has 11 heteroatoms. The molecule has 2 aromatic rings. The van der Waals surface area contributed by atoms with E-state index in [4.69, 9.17) is 4.74 Å². The van der Waals surface area contributed by atoms with Gasteiger partial charge in [-0.15, -0.1) is 0 Å². The van der Waals surface area contributed by atoms with Crippen LogP contribution in [0, 0.1) is 29.1 Å². The van der Waals surface area contributed by atoms with Crippen molar-refractivity contribution in [2.45, 2.75) is 43.7 Å². The molecule has 1 aliphatic carbocycles. The molecule has 2 aliphatic heterocycles. The Morgan fingerprint density at radius 3 is 2.86 bits per heavy atom. The third-order valence-corrected chi connectivity index (χ3v) is 7.63. The quantitative estimate of drug-likeness (QED) is 0.562. The van der Waals surface area contributed by atoms with E-state index < -0.39 is 60.4 Å². The molecule has 3 fully saturated rings. The lowest BCUT2D eigenvalue weighted by molar-refractivity contribution is -0.127. The number of fused-ring (bicyclic) bond motifs is 2. The van der Waals surface area contributed by atoms with Crippen LogP contribution in [0.4, 0.5) is 8.78 Å². The molecule has 1 saturated carbocycles. The van der Waals surface area contributed by atoms with E-state index in [1.54, 1.807) is 24.3 Å². The van der Waals surface area contributed by atoms with Crippen LogP contribution in [0.1, 0.15) is 36.2 Å². The first-order chi connectivity index (χ1) is 17.2. The zero-order valence-corrected chi connectivity index (χ0v) is 19.7. The van der Waals surface area contributed by atoms with Gasteiger partial charge in [-0.1, -0.05) is 6.07 Å². The second-order valence-electron chi connectivity index (χ2n) is 9.90. The number of hydrogen-bond donors (Lipinski definition) is 3. The highest BCUT2D eigenvalue weighted by Gasteiger charge is 2.58. The maximum absolute atomic E-state index is 14.3. The third kappa shape index (κ3) is 4.25. The molecule has 0 unspecified atom stereocenters. The summed E-state index contributed by atoms with van der Waals surface area (Å²) in [5, 5.41) is 15.6. The summed E-state index contributed by atoms with van der Waals surface area (Å²) in [7, 11) is 1.52. The van der Waals surface area contributed by atoms with Crippen molar-refractivity contribution in [2.75, 3.05) is 20.2 Å². The van der Waals surface area contributed by atoms with Crippen molar-refractivity contribution in [3.8, 4) is 11.8 Å². The third-order valence-electron chi connectivity index (χ3n) is 7.63. The monoisotopic (exact) mass is 499 g/mol. The molecule has 1 aromatic carbocycles. The van der Waals surface area contributed by atoms with Crippen LogP contribution in [0.3, 0.4) is 0 Å². The minimum Gasteiger partial charge on any atom is -0.496 e. The molecule has 3 amide bonds. The van der Waals surface area contributed by atoms with E-state index in [1.165, 1.54) is 12.0 Å². The molecule has 190 valence electrons. The van der Waals surface area contributed by atoms with Crippen LogP contribution in [0.5, 0.6) is 5.75 Å². The Labute approximate surface area is 206 Å². The van der Waals surface area contributed by atoms with Crippen LogP contribution in [0.25, 0.3) is 10.9 Å². The largest absolute Gasteiger partial charge is 0.496 e. The van der Waals surface area contributed by atoms with Gasteiger partial charge in [0.1, 0.15) is 23.5 Å². The van der Waals surface area contributed by atoms with Crippen molar-refractivity contribution in [2.24, 2.45) is 17.8 Å². The number of nitrogens with zero attached hydrogens (tertiary/aromatic N) is 2. The zero-order chi connectivity index (χ0) is 25.6. The van der Waals surface area contributed by atoms with Gasteiger partial charge in [0.2, 0.25) is 17.7 Å². The molecule has 0 bridgehead atoms. The fourth-order valence-electron chi connectivity index (χ4n) is 5.97. The van der Waals surface area contributed by atoms with Gasteiger partial charge in [-0.2, -0.15) is 5.26 Å². The van der Waals surface area contributed by atoms with Crippen molar-refractivity contribution >= 4 is 28.6 Å². The number of H-pyrrole nitrogens is 1. The van der Waals surface area contributed by atoms with Crippen molar-refractivity contribution in [3.63, 3.8) is 0 Å². The smallest absolute Gasteiger partial charge is 0.271 e. The van der Waals surface area contributed by atoms with Gasteiger partial charge in [0.05, 0.1) is 13.2 Å². The predicted octanol–water partition coefficient (Wildman–Crippen LogP) is 2.20. The Kier molecular flexibility index (Phi) is 6.06. The lowest BCUT2D eigenvalue weighted by Crippen LogP contribution is -2.51. The van der Waals surface area contributed by atoms with Crippen LogP contribution < -0.4 is 15.4 Å². The van der Waals surface area contributed by atoms with E-state index in [-0.39, 0.29) is 24.6 Å². The van der Waals surface area contributed by atoms with E-state index in [9.17, 15) is 28.4 Å². The summed E-state index contributed by atoms with van der Waals surface area (Å²) in [6.45, 7) is 0.528. The molecule has 2 saturated heterocycles. The Hall–Kier alpha value is -3.68. The maximum Gasteiger partial charge on any atom is 0.271 e. The van der Waals surface area contributed by atoms with E-state index in [0.717, 1.165) is 0 Å². The van der Waals surface area contributed by atoms with E-state index >= 15 is 0 Å². The van der Waals surface area contributed by atoms with Crippen LogP contribution in [-0.4, -0.2) is 65.8 Å². The van der Waals surface area contributed by atoms with Crippen molar-refractivity contribution in [3.05, 3.63) is 30.0 Å². The molecule has 1 aromatic heterocycles. The highest BCUT2D eigenvalue weighted by Crippen LogP contribution is 2.50. The van der Waals surface area contributed by atoms with Crippen LogP contribution in [-0.2, 0) is 9.59 Å². The Bertz CT molecular complexity index is 1250. The van der Waals surface area contributed by atoms with Crippen molar-refractivity contribution in [1.29, 1.82) is 5.26 Å². The number of ether oxygens (including phenoxy) is 1. The molecule has 36 heavy (non-hydrogen) atoms. The fraction of sp³-hybridized carbons (Fsp3) is 0.520. The van der Waals surface area contributed by atoms with Crippen molar-refractivity contribution < 1.29 is 27.9 Å². The van der Waals surface area contributed by atoms with E-state index in [1.807, 2.05) is 6.07 Å². The molecule has 5 atom stereocenters. The number of aromatic nitrogens is 1. The average Bonchev–Trinajstić information content (AvgIpc) is 3.59. The molecular weight excluding hydrogens is 472 g/mol. The van der Waals surface area contributed by atoms with E-state index in [0.29, 0.717) is 29.6 Å². The van der Waals surface area contributed by atoms with Crippen molar-refractivity contribution in [1.82, 2.24) is 20.5 Å². The van der Waals surface area contributed by atoms with Gasteiger partial charge in [0.15, 0.2) is 0 Å². The number of methoxy groups -OCH3 is 1. The molecule has 3 N–H and O–H groups in total. The first-order valence-electron chi connectivity index (χ1n) is 12.0. The van der Waals surface area contributed by atoms with Gasteiger partial charge in [-0.3, -0.25) is 14.4 Å². The number of nitriles is 1. The van der Waals surface area contributed by atoms with Crippen LogP contribution in [0.15, 0.2) is 24.3 Å². The maximum atomic E-state index is 14.3. The average molecular weight is 500 g/mol. The minimum atomic E-state index is -2.91. The number of amides is 3. The predicted molar refractivity (Wildman–Crippen MR) is 124 cm³/mol. The fourth-order valence-corrected chi connectivity index (χ4v) is 5.97. The van der Waals surface area contributed by atoms with Gasteiger partial charge in [-0.25, -0.2) is 8.78 Å². The summed E-state index contributed by atoms with van der Waals surface area (Å²) >= 11 is 0. The summed E-state index contributed by atoms with van der Waals surface area (Å²) in [5.74, 6) is -5.29. The van der Waals surface area contributed by atoms with Gasteiger partial charge in [0, 0.05) is 42.8 Å². The van der Waals surface area contributed by atoms with Gasteiger partial charge >= 0.3 is 0 Å². The SMILES string of the molecule is COc1cccc2[nH]c(C(=O)N3C[C@H]4CC(F)(F)C[C@H]4[C@@H]3C(=O)N[C@@H](C#N)C[C@@H]3CCNC3=O)cc12. The van der Waals surface area contributed by atoms with Crippen LogP contribution >= 0.6 is 0 Å². The van der Waals surface area contributed by atoms with Gasteiger partial charge < -0.3 is 25.3 Å². The summed E-state index contributed by atoms with van der Waals surface area (Å²) in [6.07, 6.45) is -0.208. The standard InChI is InChI=1S/C25H27F2N5O4/c1-36-20-4-2-3-18-16(20)8-19(31-18)24(35)32-12-14-9-25(26,27)10-17(14)21(32)23(34)30-15(11-28)7-13-5-6-29-22(13)33/h2-4,8,13-15,17,21,31H,5-7,9-10,12H2,1H3,(H,29,33)(H,30,34)/t13-,14+,15+,17+,21+/m0/s1. The van der Waals surface area contributed by atoms with E-state index in [2.05, 4.69) is 15.6 Å². The number of carbonyl (C=O) groups is 3. The molecule has 5 rings (SSSR count). The number of carbonyl (C=O) groups excluding carboxylic acids is 3. The number of nitrogens with one attached hydrogen (secondary N) is 3. The summed E-state index contributed by atoms with van der Waals surface area (Å²) in [4.78, 5) is 43.3. The number of rotatable bonds is 6. The topological polar surface area (TPSA) is 127 Å². The lowest BCUT2D eigenvalue weighted by atomic mass is 9.92. The highest BCUT2D eigenvalue weighted by molar-refractivity contribution is 6.02. The highest BCUT2D eigenvalue weighted by atomic mass is 19.3. The number of likely N-dealkylation sites (tertiary alicyclic amines) is 1. The second kappa shape index (κ2) is 9.08. The van der Waals surface area contributed by atoms with Gasteiger partial charge in [0.25, 0.3) is 5.91 Å². The molecule has 3 aliphatic rings. The Balaban J connectivity index is 1.40. The van der Waals surface area contributed by atoms with Crippen LogP contribution in [0.2, 0.25) is 0 Å². The molecule has 0 spiro atoms. The minimum absolute atomic E-state index is 0.0198. The second-order valence-corrected chi connectivity index (χ2v) is 9.90. The Morgan fingerprint density at radius 1 is 1.36 bits per heavy atom. The molecular formula is C25H27F2N5O4. The first-order valence-corrected chi connectivity index (χ1v) is 12.0. The number of alkyl halides is 2. The Morgan fingerprint density at radius 2 is 2.17 bits per heavy atom. The zero-order valence-electron chi connectivity index (χ0n) is 19.7. The number of benzene rings is 1. The number of aromatic amines is 1.